The van der Waals surface area contributed by atoms with Gasteiger partial charge in [-0.1, -0.05) is 6.92 Å². The fraction of sp³-hybridized carbons (Fsp3) is 0.909. The van der Waals surface area contributed by atoms with Crippen LogP contribution in [0, 0.1) is 5.92 Å². The van der Waals surface area contributed by atoms with Gasteiger partial charge in [-0.3, -0.25) is 4.79 Å². The first-order valence-corrected chi connectivity index (χ1v) is 5.74. The van der Waals surface area contributed by atoms with Gasteiger partial charge in [0.1, 0.15) is 0 Å². The second kappa shape index (κ2) is 9.57. The Morgan fingerprint density at radius 2 is 2.25 bits per heavy atom. The van der Waals surface area contributed by atoms with Crippen LogP contribution in [0.25, 0.3) is 0 Å². The number of ether oxygens (including phenoxy) is 1. The molecule has 0 aliphatic rings. The average Bonchev–Trinajstić information content (AvgIpc) is 2.31. The normalized spacial score (nSPS) is 14.5. The van der Waals surface area contributed by atoms with Crippen LogP contribution in [-0.2, 0) is 9.53 Å². The molecule has 0 fully saturated rings. The predicted octanol–water partition coefficient (Wildman–Crippen LogP) is -0.125. The highest BCUT2D eigenvalue weighted by atomic mass is 16.5. The van der Waals surface area contributed by atoms with Gasteiger partial charge in [0.15, 0.2) is 0 Å². The molecule has 0 saturated heterocycles. The summed E-state index contributed by atoms with van der Waals surface area (Å²) < 4.78 is 5.01. The Balaban J connectivity index is 3.50. The molecule has 4 N–H and O–H groups in total. The maximum Gasteiger partial charge on any atom is 0.222 e. The monoisotopic (exact) mass is 232 g/mol. The molecular formula is C11H24N2O3. The number of nitrogens with one attached hydrogen (secondary N) is 1. The zero-order valence-corrected chi connectivity index (χ0v) is 10.2. The molecule has 0 aliphatic heterocycles. The number of amides is 1. The second-order valence-electron chi connectivity index (χ2n) is 4.08. The summed E-state index contributed by atoms with van der Waals surface area (Å²) in [5.74, 6) is 0.265. The lowest BCUT2D eigenvalue weighted by Gasteiger charge is -2.13. The van der Waals surface area contributed by atoms with E-state index in [1.165, 1.54) is 0 Å². The van der Waals surface area contributed by atoms with E-state index in [0.29, 0.717) is 25.4 Å². The Labute approximate surface area is 97.3 Å². The number of nitrogens with two attached hydrogens (primary N) is 1. The van der Waals surface area contributed by atoms with Crippen molar-refractivity contribution in [3.63, 3.8) is 0 Å². The minimum Gasteiger partial charge on any atom is -0.396 e. The van der Waals surface area contributed by atoms with Gasteiger partial charge in [0.2, 0.25) is 5.91 Å². The number of rotatable bonds is 9. The lowest BCUT2D eigenvalue weighted by molar-refractivity contribution is -0.123. The first-order chi connectivity index (χ1) is 7.63. The van der Waals surface area contributed by atoms with Crippen LogP contribution in [0.2, 0.25) is 0 Å². The largest absolute Gasteiger partial charge is 0.396 e. The van der Waals surface area contributed by atoms with Crippen LogP contribution in [-0.4, -0.2) is 43.9 Å². The van der Waals surface area contributed by atoms with Crippen molar-refractivity contribution in [3.8, 4) is 0 Å². The van der Waals surface area contributed by atoms with Crippen molar-refractivity contribution in [1.29, 1.82) is 0 Å². The standard InChI is InChI=1S/C11H24N2O3/c1-9(8-14)4-3-5-13-11(15)6-10(7-12)16-2/h9-10,14H,3-8,12H2,1-2H3,(H,13,15). The van der Waals surface area contributed by atoms with Gasteiger partial charge in [0.25, 0.3) is 0 Å². The summed E-state index contributed by atoms with van der Waals surface area (Å²) >= 11 is 0. The Kier molecular flexibility index (Phi) is 9.18. The fourth-order valence-electron chi connectivity index (χ4n) is 1.31. The molecule has 0 heterocycles. The quantitative estimate of drug-likeness (QED) is 0.484. The van der Waals surface area contributed by atoms with Crippen LogP contribution in [0.4, 0.5) is 0 Å². The zero-order valence-electron chi connectivity index (χ0n) is 10.2. The first kappa shape index (κ1) is 15.3. The van der Waals surface area contributed by atoms with Gasteiger partial charge in [-0.25, -0.2) is 0 Å². The van der Waals surface area contributed by atoms with Crippen molar-refractivity contribution < 1.29 is 14.6 Å². The second-order valence-corrected chi connectivity index (χ2v) is 4.08. The number of hydrogen-bond acceptors (Lipinski definition) is 4. The van der Waals surface area contributed by atoms with Gasteiger partial charge in [-0.15, -0.1) is 0 Å². The zero-order chi connectivity index (χ0) is 12.4. The third-order valence-electron chi connectivity index (χ3n) is 2.52. The molecule has 0 saturated carbocycles. The van der Waals surface area contributed by atoms with E-state index >= 15 is 0 Å². The molecule has 0 rings (SSSR count). The SMILES string of the molecule is COC(CN)CC(=O)NCCCC(C)CO. The highest BCUT2D eigenvalue weighted by Gasteiger charge is 2.10. The van der Waals surface area contributed by atoms with E-state index in [-0.39, 0.29) is 18.6 Å². The summed E-state index contributed by atoms with van der Waals surface area (Å²) in [6.45, 7) is 3.18. The molecule has 0 bridgehead atoms. The lowest BCUT2D eigenvalue weighted by atomic mass is 10.1. The Morgan fingerprint density at radius 3 is 2.75 bits per heavy atom. The predicted molar refractivity (Wildman–Crippen MR) is 63.0 cm³/mol. The summed E-state index contributed by atoms with van der Waals surface area (Å²) in [5, 5.41) is 11.6. The summed E-state index contributed by atoms with van der Waals surface area (Å²) in [4.78, 5) is 11.4. The molecule has 96 valence electrons. The minimum atomic E-state index is -0.198. The molecule has 16 heavy (non-hydrogen) atoms. The summed E-state index contributed by atoms with van der Waals surface area (Å²) in [5.41, 5.74) is 5.41. The van der Waals surface area contributed by atoms with Crippen molar-refractivity contribution in [2.24, 2.45) is 11.7 Å². The number of hydrogen-bond donors (Lipinski definition) is 3. The van der Waals surface area contributed by atoms with Crippen LogP contribution in [0.5, 0.6) is 0 Å². The van der Waals surface area contributed by atoms with Crippen molar-refractivity contribution in [2.45, 2.75) is 32.3 Å². The van der Waals surface area contributed by atoms with Crippen LogP contribution in [0.1, 0.15) is 26.2 Å². The molecule has 0 aromatic heterocycles. The molecule has 5 nitrogen and oxygen atoms in total. The summed E-state index contributed by atoms with van der Waals surface area (Å²) in [6, 6.07) is 0. The average molecular weight is 232 g/mol. The summed E-state index contributed by atoms with van der Waals surface area (Å²) in [7, 11) is 1.55. The van der Waals surface area contributed by atoms with Crippen molar-refractivity contribution >= 4 is 5.91 Å². The molecule has 5 heteroatoms. The maximum atomic E-state index is 11.4. The van der Waals surface area contributed by atoms with E-state index in [0.717, 1.165) is 12.8 Å². The number of carbonyl (C=O) groups is 1. The van der Waals surface area contributed by atoms with E-state index in [2.05, 4.69) is 5.32 Å². The number of aliphatic hydroxyl groups excluding tert-OH is 1. The van der Waals surface area contributed by atoms with Crippen LogP contribution < -0.4 is 11.1 Å². The number of methoxy groups -OCH3 is 1. The summed E-state index contributed by atoms with van der Waals surface area (Å²) in [6.07, 6.45) is 1.91. The van der Waals surface area contributed by atoms with Gasteiger partial charge in [0.05, 0.1) is 12.5 Å². The third-order valence-corrected chi connectivity index (χ3v) is 2.52. The lowest BCUT2D eigenvalue weighted by Crippen LogP contribution is -2.32. The molecule has 2 atom stereocenters. The van der Waals surface area contributed by atoms with Crippen LogP contribution in [0.3, 0.4) is 0 Å². The molecule has 0 radical (unpaired) electrons. The number of aliphatic hydroxyl groups is 1. The van der Waals surface area contributed by atoms with Gasteiger partial charge in [0, 0.05) is 26.8 Å². The molecule has 0 aromatic rings. The molecule has 2 unspecified atom stereocenters. The van der Waals surface area contributed by atoms with Gasteiger partial charge >= 0.3 is 0 Å². The van der Waals surface area contributed by atoms with E-state index in [1.54, 1.807) is 7.11 Å². The number of carbonyl (C=O) groups excluding carboxylic acids is 1. The van der Waals surface area contributed by atoms with Gasteiger partial charge in [-0.05, 0) is 18.8 Å². The smallest absolute Gasteiger partial charge is 0.222 e. The Morgan fingerprint density at radius 1 is 1.56 bits per heavy atom. The Hall–Kier alpha value is -0.650. The van der Waals surface area contributed by atoms with Crippen molar-refractivity contribution in [3.05, 3.63) is 0 Å². The van der Waals surface area contributed by atoms with E-state index in [4.69, 9.17) is 15.6 Å². The van der Waals surface area contributed by atoms with E-state index < -0.39 is 0 Å². The molecular weight excluding hydrogens is 208 g/mol. The van der Waals surface area contributed by atoms with Crippen molar-refractivity contribution in [2.75, 3.05) is 26.8 Å². The van der Waals surface area contributed by atoms with Crippen LogP contribution >= 0.6 is 0 Å². The molecule has 0 spiro atoms. The van der Waals surface area contributed by atoms with Crippen molar-refractivity contribution in [1.82, 2.24) is 5.32 Å². The van der Waals surface area contributed by atoms with Gasteiger partial charge < -0.3 is 20.9 Å². The van der Waals surface area contributed by atoms with Crippen LogP contribution in [0.15, 0.2) is 0 Å². The molecule has 0 aromatic carbocycles. The highest BCUT2D eigenvalue weighted by molar-refractivity contribution is 5.76. The van der Waals surface area contributed by atoms with E-state index in [1.807, 2.05) is 6.92 Å². The highest BCUT2D eigenvalue weighted by Crippen LogP contribution is 2.02. The first-order valence-electron chi connectivity index (χ1n) is 5.74. The molecule has 0 aliphatic carbocycles. The fourth-order valence-corrected chi connectivity index (χ4v) is 1.31. The maximum absolute atomic E-state index is 11.4. The topological polar surface area (TPSA) is 84.6 Å². The minimum absolute atomic E-state index is 0.0334. The molecule has 1 amide bonds. The van der Waals surface area contributed by atoms with E-state index in [9.17, 15) is 4.79 Å². The van der Waals surface area contributed by atoms with Gasteiger partial charge in [-0.2, -0.15) is 0 Å². The third kappa shape index (κ3) is 7.62. The Bertz CT molecular complexity index is 184.